The van der Waals surface area contributed by atoms with E-state index in [1.54, 1.807) is 24.3 Å². The van der Waals surface area contributed by atoms with Crippen molar-refractivity contribution in [1.29, 1.82) is 0 Å². The van der Waals surface area contributed by atoms with Crippen molar-refractivity contribution in [2.24, 2.45) is 0 Å². The van der Waals surface area contributed by atoms with Gasteiger partial charge in [-0.3, -0.25) is 4.90 Å². The van der Waals surface area contributed by atoms with Crippen LogP contribution in [0.3, 0.4) is 0 Å². The molecule has 0 aliphatic rings. The van der Waals surface area contributed by atoms with Crippen LogP contribution in [0, 0.1) is 6.07 Å². The number of halogens is 3. The number of nitrogens with zero attached hydrogens (tertiary/aromatic N) is 1. The molecule has 1 radical (unpaired) electrons. The van der Waals surface area contributed by atoms with Crippen LogP contribution in [-0.2, 0) is 6.54 Å². The molecule has 0 fully saturated rings. The molecule has 1 nitrogen and oxygen atoms in total. The standard InChI is InChI=1S/C10H11F3N/c1-14(8-10(11,12)13)7-9-5-3-2-4-6-9/h3-6H,7-8H2,1H3. The SMILES string of the molecule is CN(Cc1cc[c]cc1)CC(F)(F)F. The van der Waals surface area contributed by atoms with Gasteiger partial charge in [-0.25, -0.2) is 0 Å². The van der Waals surface area contributed by atoms with Crippen LogP contribution in [0.15, 0.2) is 24.3 Å². The molecular formula is C10H11F3N. The Morgan fingerprint density at radius 2 is 1.86 bits per heavy atom. The van der Waals surface area contributed by atoms with Crippen LogP contribution in [-0.4, -0.2) is 24.7 Å². The van der Waals surface area contributed by atoms with Crippen molar-refractivity contribution in [2.45, 2.75) is 12.7 Å². The maximum atomic E-state index is 12.0. The lowest BCUT2D eigenvalue weighted by Crippen LogP contribution is -2.30. The molecule has 0 unspecified atom stereocenters. The zero-order valence-corrected chi connectivity index (χ0v) is 7.80. The fourth-order valence-electron chi connectivity index (χ4n) is 1.20. The summed E-state index contributed by atoms with van der Waals surface area (Å²) in [4.78, 5) is 1.23. The number of hydrogen-bond acceptors (Lipinski definition) is 1. The van der Waals surface area contributed by atoms with Crippen LogP contribution in [0.4, 0.5) is 13.2 Å². The molecule has 4 heteroatoms. The molecule has 0 amide bonds. The van der Waals surface area contributed by atoms with Crippen LogP contribution in [0.5, 0.6) is 0 Å². The summed E-state index contributed by atoms with van der Waals surface area (Å²) in [6.07, 6.45) is -4.13. The maximum Gasteiger partial charge on any atom is 0.401 e. The monoisotopic (exact) mass is 202 g/mol. The molecule has 0 N–H and O–H groups in total. The van der Waals surface area contributed by atoms with Crippen molar-refractivity contribution in [2.75, 3.05) is 13.6 Å². The third kappa shape index (κ3) is 4.28. The van der Waals surface area contributed by atoms with Gasteiger partial charge in [0.1, 0.15) is 0 Å². The third-order valence-corrected chi connectivity index (χ3v) is 1.69. The summed E-state index contributed by atoms with van der Waals surface area (Å²) >= 11 is 0. The summed E-state index contributed by atoms with van der Waals surface area (Å²) < 4.78 is 35.9. The van der Waals surface area contributed by atoms with Gasteiger partial charge in [0, 0.05) is 6.54 Å². The first-order chi connectivity index (χ1) is 6.47. The van der Waals surface area contributed by atoms with Crippen LogP contribution < -0.4 is 0 Å². The molecule has 1 aromatic rings. The van der Waals surface area contributed by atoms with E-state index in [0.29, 0.717) is 6.54 Å². The Balaban J connectivity index is 2.46. The zero-order chi connectivity index (χ0) is 10.6. The maximum absolute atomic E-state index is 12.0. The highest BCUT2D eigenvalue weighted by molar-refractivity contribution is 5.13. The summed E-state index contributed by atoms with van der Waals surface area (Å²) in [5, 5.41) is 0. The number of benzene rings is 1. The smallest absolute Gasteiger partial charge is 0.294 e. The van der Waals surface area contributed by atoms with E-state index in [4.69, 9.17) is 0 Å². The van der Waals surface area contributed by atoms with Crippen molar-refractivity contribution in [3.63, 3.8) is 0 Å². The molecule has 0 saturated carbocycles. The molecule has 77 valence electrons. The lowest BCUT2D eigenvalue weighted by molar-refractivity contribution is -0.144. The van der Waals surface area contributed by atoms with E-state index in [-0.39, 0.29) is 0 Å². The van der Waals surface area contributed by atoms with Gasteiger partial charge in [-0.1, -0.05) is 24.3 Å². The fraction of sp³-hybridized carbons (Fsp3) is 0.400. The molecule has 0 aliphatic carbocycles. The van der Waals surface area contributed by atoms with Gasteiger partial charge in [0.25, 0.3) is 0 Å². The number of hydrogen-bond donors (Lipinski definition) is 0. The number of alkyl halides is 3. The molecular weight excluding hydrogens is 191 g/mol. The van der Waals surface area contributed by atoms with Crippen molar-refractivity contribution in [3.8, 4) is 0 Å². The van der Waals surface area contributed by atoms with Gasteiger partial charge < -0.3 is 0 Å². The average Bonchev–Trinajstić information content (AvgIpc) is 2.02. The summed E-state index contributed by atoms with van der Waals surface area (Å²) in [5.41, 5.74) is 0.857. The van der Waals surface area contributed by atoms with E-state index in [1.165, 1.54) is 11.9 Å². The molecule has 0 aromatic heterocycles. The lowest BCUT2D eigenvalue weighted by atomic mass is 10.2. The Labute approximate surface area is 81.1 Å². The largest absolute Gasteiger partial charge is 0.401 e. The zero-order valence-electron chi connectivity index (χ0n) is 7.80. The Hall–Kier alpha value is -1.03. The van der Waals surface area contributed by atoms with Crippen LogP contribution >= 0.6 is 0 Å². The van der Waals surface area contributed by atoms with Gasteiger partial charge in [-0.05, 0) is 18.7 Å². The van der Waals surface area contributed by atoms with E-state index in [0.717, 1.165) is 5.56 Å². The Kier molecular flexibility index (Phi) is 3.52. The van der Waals surface area contributed by atoms with Gasteiger partial charge in [0.05, 0.1) is 6.54 Å². The van der Waals surface area contributed by atoms with Crippen molar-refractivity contribution < 1.29 is 13.2 Å². The molecule has 0 heterocycles. The second-order valence-corrected chi connectivity index (χ2v) is 3.20. The third-order valence-electron chi connectivity index (χ3n) is 1.69. The summed E-state index contributed by atoms with van der Waals surface area (Å²) in [6.45, 7) is -0.584. The summed E-state index contributed by atoms with van der Waals surface area (Å²) in [6, 6.07) is 9.71. The van der Waals surface area contributed by atoms with E-state index < -0.39 is 12.7 Å². The lowest BCUT2D eigenvalue weighted by Gasteiger charge is -2.18. The van der Waals surface area contributed by atoms with Gasteiger partial charge >= 0.3 is 6.18 Å². The highest BCUT2D eigenvalue weighted by Crippen LogP contribution is 2.16. The predicted molar refractivity (Wildman–Crippen MR) is 47.7 cm³/mol. The minimum atomic E-state index is -4.13. The second kappa shape index (κ2) is 4.46. The first kappa shape index (κ1) is 11.0. The molecule has 0 spiro atoms. The average molecular weight is 202 g/mol. The quantitative estimate of drug-likeness (QED) is 0.727. The van der Waals surface area contributed by atoms with Gasteiger partial charge in [0.15, 0.2) is 0 Å². The Morgan fingerprint density at radius 1 is 1.29 bits per heavy atom. The Morgan fingerprint density at radius 3 is 2.36 bits per heavy atom. The normalized spacial score (nSPS) is 12.1. The van der Waals surface area contributed by atoms with Crippen molar-refractivity contribution >= 4 is 0 Å². The minimum absolute atomic E-state index is 0.300. The van der Waals surface area contributed by atoms with Crippen LogP contribution in [0.1, 0.15) is 5.56 Å². The topological polar surface area (TPSA) is 3.24 Å². The summed E-state index contributed by atoms with van der Waals surface area (Å²) in [7, 11) is 1.45. The van der Waals surface area contributed by atoms with E-state index >= 15 is 0 Å². The molecule has 1 rings (SSSR count). The predicted octanol–water partition coefficient (Wildman–Crippen LogP) is 2.48. The van der Waals surface area contributed by atoms with E-state index in [1.807, 2.05) is 0 Å². The molecule has 0 saturated heterocycles. The molecule has 0 bridgehead atoms. The first-order valence-corrected chi connectivity index (χ1v) is 4.18. The van der Waals surface area contributed by atoms with Crippen molar-refractivity contribution in [3.05, 3.63) is 35.9 Å². The van der Waals surface area contributed by atoms with Crippen molar-refractivity contribution in [1.82, 2.24) is 4.90 Å². The number of rotatable bonds is 3. The highest BCUT2D eigenvalue weighted by Gasteiger charge is 2.28. The first-order valence-electron chi connectivity index (χ1n) is 4.18. The molecule has 0 atom stereocenters. The molecule has 14 heavy (non-hydrogen) atoms. The van der Waals surface area contributed by atoms with E-state index in [9.17, 15) is 13.2 Å². The van der Waals surface area contributed by atoms with Gasteiger partial charge in [-0.2, -0.15) is 13.2 Å². The van der Waals surface area contributed by atoms with Gasteiger partial charge in [0.2, 0.25) is 0 Å². The van der Waals surface area contributed by atoms with Crippen LogP contribution in [0.25, 0.3) is 0 Å². The second-order valence-electron chi connectivity index (χ2n) is 3.20. The van der Waals surface area contributed by atoms with Crippen LogP contribution in [0.2, 0.25) is 0 Å². The molecule has 0 aliphatic heterocycles. The molecule has 1 aromatic carbocycles. The van der Waals surface area contributed by atoms with E-state index in [2.05, 4.69) is 6.07 Å². The fourth-order valence-corrected chi connectivity index (χ4v) is 1.20. The van der Waals surface area contributed by atoms with Gasteiger partial charge in [-0.15, -0.1) is 0 Å². The Bertz CT molecular complexity index is 268. The minimum Gasteiger partial charge on any atom is -0.294 e. The highest BCUT2D eigenvalue weighted by atomic mass is 19.4. The summed E-state index contributed by atoms with van der Waals surface area (Å²) in [5.74, 6) is 0.